The van der Waals surface area contributed by atoms with E-state index in [2.05, 4.69) is 31.9 Å². The number of aromatic nitrogens is 2. The largest absolute Gasteiger partial charge is 0.270 e. The van der Waals surface area contributed by atoms with Crippen LogP contribution in [0.25, 0.3) is 0 Å². The zero-order valence-corrected chi connectivity index (χ0v) is 12.4. The fourth-order valence-electron chi connectivity index (χ4n) is 2.03. The number of alkyl halides is 2. The van der Waals surface area contributed by atoms with Gasteiger partial charge in [-0.25, -0.2) is 0 Å². The van der Waals surface area contributed by atoms with E-state index in [-0.39, 0.29) is 5.41 Å². The monoisotopic (exact) mass is 276 g/mol. The highest BCUT2D eigenvalue weighted by Gasteiger charge is 2.28. The van der Waals surface area contributed by atoms with Crippen molar-refractivity contribution in [2.45, 2.75) is 46.1 Å². The van der Waals surface area contributed by atoms with Gasteiger partial charge in [0.1, 0.15) is 0 Å². The van der Waals surface area contributed by atoms with Gasteiger partial charge in [0.25, 0.3) is 0 Å². The lowest BCUT2D eigenvalue weighted by atomic mass is 9.83. The first-order valence-electron chi connectivity index (χ1n) is 6.23. The Morgan fingerprint density at radius 3 is 2.41 bits per heavy atom. The molecule has 0 unspecified atom stereocenters. The highest BCUT2D eigenvalue weighted by atomic mass is 35.5. The maximum absolute atomic E-state index is 6.10. The normalized spacial score (nSPS) is 12.4. The first-order chi connectivity index (χ1) is 8.06. The SMILES string of the molecule is CCCC(CCl)(CCl)Cc1ccn(C(C)C)n1. The summed E-state index contributed by atoms with van der Waals surface area (Å²) in [6.07, 6.45) is 5.05. The molecule has 0 spiro atoms. The minimum atomic E-state index is -0.00593. The molecule has 1 heterocycles. The summed E-state index contributed by atoms with van der Waals surface area (Å²) in [5, 5.41) is 4.57. The predicted molar refractivity (Wildman–Crippen MR) is 75.1 cm³/mol. The van der Waals surface area contributed by atoms with Crippen molar-refractivity contribution in [2.75, 3.05) is 11.8 Å². The highest BCUT2D eigenvalue weighted by molar-refractivity contribution is 6.21. The smallest absolute Gasteiger partial charge is 0.0631 e. The third-order valence-electron chi connectivity index (χ3n) is 3.10. The molecule has 0 fully saturated rings. The van der Waals surface area contributed by atoms with Crippen LogP contribution in [0.5, 0.6) is 0 Å². The first kappa shape index (κ1) is 14.8. The molecular weight excluding hydrogens is 255 g/mol. The minimum Gasteiger partial charge on any atom is -0.270 e. The Bertz CT molecular complexity index is 330. The molecule has 1 aromatic heterocycles. The third-order valence-corrected chi connectivity index (χ3v) is 4.23. The van der Waals surface area contributed by atoms with Crippen molar-refractivity contribution in [1.29, 1.82) is 0 Å². The molecule has 0 N–H and O–H groups in total. The molecule has 0 saturated carbocycles. The second-order valence-corrected chi connectivity index (χ2v) is 5.61. The summed E-state index contributed by atoms with van der Waals surface area (Å²) in [6.45, 7) is 6.42. The van der Waals surface area contributed by atoms with Gasteiger partial charge in [0.05, 0.1) is 5.69 Å². The summed E-state index contributed by atoms with van der Waals surface area (Å²) in [4.78, 5) is 0. The van der Waals surface area contributed by atoms with E-state index in [1.165, 1.54) is 0 Å². The van der Waals surface area contributed by atoms with Crippen molar-refractivity contribution in [3.63, 3.8) is 0 Å². The van der Waals surface area contributed by atoms with Crippen molar-refractivity contribution < 1.29 is 0 Å². The second kappa shape index (κ2) is 6.65. The van der Waals surface area contributed by atoms with E-state index in [0.717, 1.165) is 25.0 Å². The maximum atomic E-state index is 6.10. The van der Waals surface area contributed by atoms with Crippen LogP contribution < -0.4 is 0 Å². The number of halogens is 2. The van der Waals surface area contributed by atoms with E-state index in [9.17, 15) is 0 Å². The molecule has 0 aliphatic carbocycles. The molecule has 0 aromatic carbocycles. The summed E-state index contributed by atoms with van der Waals surface area (Å²) < 4.78 is 1.98. The molecule has 0 amide bonds. The summed E-state index contributed by atoms with van der Waals surface area (Å²) in [7, 11) is 0. The molecule has 1 aromatic rings. The number of hydrogen-bond acceptors (Lipinski definition) is 1. The lowest BCUT2D eigenvalue weighted by Crippen LogP contribution is -2.28. The van der Waals surface area contributed by atoms with Crippen LogP contribution in [0.15, 0.2) is 12.3 Å². The summed E-state index contributed by atoms with van der Waals surface area (Å²) in [5.74, 6) is 1.19. The Balaban J connectivity index is 2.78. The lowest BCUT2D eigenvalue weighted by Gasteiger charge is -2.28. The fourth-order valence-corrected chi connectivity index (χ4v) is 2.77. The molecule has 98 valence electrons. The second-order valence-electron chi connectivity index (χ2n) is 5.07. The van der Waals surface area contributed by atoms with Gasteiger partial charge in [-0.05, 0) is 32.8 Å². The first-order valence-corrected chi connectivity index (χ1v) is 7.30. The number of hydrogen-bond donors (Lipinski definition) is 0. The molecule has 0 bridgehead atoms. The highest BCUT2D eigenvalue weighted by Crippen LogP contribution is 2.31. The Morgan fingerprint density at radius 2 is 2.00 bits per heavy atom. The van der Waals surface area contributed by atoms with Gasteiger partial charge in [-0.1, -0.05) is 13.3 Å². The number of nitrogens with zero attached hydrogens (tertiary/aromatic N) is 2. The van der Waals surface area contributed by atoms with Gasteiger partial charge in [0.15, 0.2) is 0 Å². The van der Waals surface area contributed by atoms with Gasteiger partial charge in [-0.3, -0.25) is 4.68 Å². The van der Waals surface area contributed by atoms with Crippen molar-refractivity contribution in [1.82, 2.24) is 9.78 Å². The van der Waals surface area contributed by atoms with Crippen LogP contribution in [0.2, 0.25) is 0 Å². The van der Waals surface area contributed by atoms with E-state index in [1.54, 1.807) is 0 Å². The van der Waals surface area contributed by atoms with Crippen LogP contribution in [0.4, 0.5) is 0 Å². The number of rotatable bonds is 7. The summed E-state index contributed by atoms with van der Waals surface area (Å²) >= 11 is 12.2. The fraction of sp³-hybridized carbons (Fsp3) is 0.769. The van der Waals surface area contributed by atoms with Gasteiger partial charge in [0.2, 0.25) is 0 Å². The van der Waals surface area contributed by atoms with E-state index in [1.807, 2.05) is 10.9 Å². The predicted octanol–water partition coefficient (Wildman–Crippen LogP) is 4.27. The minimum absolute atomic E-state index is 0.00593. The molecule has 0 atom stereocenters. The van der Waals surface area contributed by atoms with Crippen LogP contribution in [0.3, 0.4) is 0 Å². The van der Waals surface area contributed by atoms with Crippen LogP contribution in [0.1, 0.15) is 45.3 Å². The average Bonchev–Trinajstić information content (AvgIpc) is 2.77. The molecule has 4 heteroatoms. The molecule has 0 saturated heterocycles. The van der Waals surface area contributed by atoms with Gasteiger partial charge >= 0.3 is 0 Å². The third kappa shape index (κ3) is 3.89. The topological polar surface area (TPSA) is 17.8 Å². The van der Waals surface area contributed by atoms with Gasteiger partial charge in [-0.2, -0.15) is 5.10 Å². The van der Waals surface area contributed by atoms with Crippen LogP contribution >= 0.6 is 23.2 Å². The van der Waals surface area contributed by atoms with Crippen molar-refractivity contribution in [3.8, 4) is 0 Å². The standard InChI is InChI=1S/C13H22Cl2N2/c1-4-6-13(9-14,10-15)8-12-5-7-17(16-12)11(2)3/h5,7,11H,4,6,8-10H2,1-3H3. The van der Waals surface area contributed by atoms with E-state index < -0.39 is 0 Å². The van der Waals surface area contributed by atoms with E-state index in [0.29, 0.717) is 17.8 Å². The molecule has 0 aliphatic rings. The average molecular weight is 277 g/mol. The Kier molecular flexibility index (Phi) is 5.81. The van der Waals surface area contributed by atoms with Crippen LogP contribution in [0, 0.1) is 5.41 Å². The Labute approximate surface area is 114 Å². The molecule has 1 rings (SSSR count). The lowest BCUT2D eigenvalue weighted by molar-refractivity contribution is 0.335. The Morgan fingerprint density at radius 1 is 1.35 bits per heavy atom. The molecular formula is C13H22Cl2N2. The zero-order chi connectivity index (χ0) is 12.9. The molecule has 0 aliphatic heterocycles. The molecule has 17 heavy (non-hydrogen) atoms. The van der Waals surface area contributed by atoms with Crippen molar-refractivity contribution in [2.24, 2.45) is 5.41 Å². The molecule has 2 nitrogen and oxygen atoms in total. The van der Waals surface area contributed by atoms with Crippen LogP contribution in [-0.2, 0) is 6.42 Å². The quantitative estimate of drug-likeness (QED) is 0.680. The van der Waals surface area contributed by atoms with E-state index >= 15 is 0 Å². The van der Waals surface area contributed by atoms with Gasteiger partial charge in [-0.15, -0.1) is 23.2 Å². The van der Waals surface area contributed by atoms with Crippen molar-refractivity contribution >= 4 is 23.2 Å². The van der Waals surface area contributed by atoms with Gasteiger partial charge < -0.3 is 0 Å². The van der Waals surface area contributed by atoms with Crippen LogP contribution in [-0.4, -0.2) is 21.5 Å². The van der Waals surface area contributed by atoms with Gasteiger partial charge in [0, 0.05) is 29.4 Å². The summed E-state index contributed by atoms with van der Waals surface area (Å²) in [6, 6.07) is 2.47. The molecule has 0 radical (unpaired) electrons. The summed E-state index contributed by atoms with van der Waals surface area (Å²) in [5.41, 5.74) is 1.09. The Hall–Kier alpha value is -0.210. The van der Waals surface area contributed by atoms with E-state index in [4.69, 9.17) is 23.2 Å². The maximum Gasteiger partial charge on any atom is 0.0631 e. The van der Waals surface area contributed by atoms with Crippen molar-refractivity contribution in [3.05, 3.63) is 18.0 Å². The zero-order valence-electron chi connectivity index (χ0n) is 10.9.